The van der Waals surface area contributed by atoms with Crippen molar-refractivity contribution in [1.29, 1.82) is 5.26 Å². The van der Waals surface area contributed by atoms with E-state index in [9.17, 15) is 0 Å². The van der Waals surface area contributed by atoms with Crippen LogP contribution in [-0.4, -0.2) is 43.8 Å². The van der Waals surface area contributed by atoms with Crippen LogP contribution in [0.1, 0.15) is 25.6 Å². The van der Waals surface area contributed by atoms with Gasteiger partial charge in [0.1, 0.15) is 17.5 Å². The van der Waals surface area contributed by atoms with E-state index in [0.717, 1.165) is 30.3 Å². The van der Waals surface area contributed by atoms with Crippen molar-refractivity contribution in [2.24, 2.45) is 0 Å². The minimum Gasteiger partial charge on any atom is -0.383 e. The van der Waals surface area contributed by atoms with Crippen molar-refractivity contribution >= 4 is 11.6 Å². The Hall–Kier alpha value is -1.87. The number of anilines is 2. The van der Waals surface area contributed by atoms with Gasteiger partial charge in [-0.2, -0.15) is 5.26 Å². The molecule has 0 amide bonds. The summed E-state index contributed by atoms with van der Waals surface area (Å²) in [6.45, 7) is 4.07. The van der Waals surface area contributed by atoms with Gasteiger partial charge in [0, 0.05) is 39.7 Å². The molecule has 1 aromatic heterocycles. The van der Waals surface area contributed by atoms with Gasteiger partial charge < -0.3 is 15.0 Å². The van der Waals surface area contributed by atoms with Crippen LogP contribution in [0.15, 0.2) is 6.07 Å². The van der Waals surface area contributed by atoms with Crippen LogP contribution >= 0.6 is 0 Å². The van der Waals surface area contributed by atoms with Gasteiger partial charge in [-0.05, 0) is 6.42 Å². The molecule has 0 saturated heterocycles. The highest BCUT2D eigenvalue weighted by molar-refractivity contribution is 5.49. The summed E-state index contributed by atoms with van der Waals surface area (Å²) < 4.78 is 5.12. The number of methoxy groups -OCH3 is 1. The Bertz CT molecular complexity index is 444. The molecule has 1 heterocycles. The first-order valence-electron chi connectivity index (χ1n) is 6.91. The van der Waals surface area contributed by atoms with Crippen LogP contribution in [-0.2, 0) is 11.2 Å². The molecule has 0 aliphatic carbocycles. The molecule has 0 unspecified atom stereocenters. The second kappa shape index (κ2) is 9.10. The third kappa shape index (κ3) is 5.02. The summed E-state index contributed by atoms with van der Waals surface area (Å²) >= 11 is 0. The van der Waals surface area contributed by atoms with Gasteiger partial charge in [-0.25, -0.2) is 9.97 Å². The maximum atomic E-state index is 8.77. The monoisotopic (exact) mass is 277 g/mol. The highest BCUT2D eigenvalue weighted by Gasteiger charge is 2.11. The van der Waals surface area contributed by atoms with Crippen molar-refractivity contribution in [1.82, 2.24) is 9.97 Å². The number of aryl methyl sites for hydroxylation is 1. The van der Waals surface area contributed by atoms with E-state index in [1.807, 2.05) is 13.1 Å². The van der Waals surface area contributed by atoms with Crippen LogP contribution in [0.5, 0.6) is 0 Å². The smallest absolute Gasteiger partial charge is 0.134 e. The van der Waals surface area contributed by atoms with Crippen molar-refractivity contribution in [2.45, 2.75) is 26.2 Å². The Morgan fingerprint density at radius 1 is 1.40 bits per heavy atom. The third-order valence-electron chi connectivity index (χ3n) is 2.87. The normalized spacial score (nSPS) is 10.1. The van der Waals surface area contributed by atoms with E-state index < -0.39 is 0 Å². The fourth-order valence-electron chi connectivity index (χ4n) is 1.84. The molecule has 1 rings (SSSR count). The maximum absolute atomic E-state index is 8.77. The van der Waals surface area contributed by atoms with Gasteiger partial charge in [-0.15, -0.1) is 0 Å². The SMILES string of the molecule is CCCc1nc(NC)cc(N(CCC#N)CCOC)n1. The minimum atomic E-state index is 0.464. The number of nitrogens with zero attached hydrogens (tertiary/aromatic N) is 4. The molecule has 1 N–H and O–H groups in total. The molecule has 0 aliphatic rings. The molecule has 20 heavy (non-hydrogen) atoms. The predicted octanol–water partition coefficient (Wildman–Crippen LogP) is 1.84. The Morgan fingerprint density at radius 2 is 2.20 bits per heavy atom. The Kier molecular flexibility index (Phi) is 7.36. The summed E-state index contributed by atoms with van der Waals surface area (Å²) in [7, 11) is 3.51. The molecular weight excluding hydrogens is 254 g/mol. The summed E-state index contributed by atoms with van der Waals surface area (Å²) in [5.41, 5.74) is 0. The number of ether oxygens (including phenoxy) is 1. The maximum Gasteiger partial charge on any atom is 0.134 e. The number of hydrogen-bond acceptors (Lipinski definition) is 6. The van der Waals surface area contributed by atoms with Crippen LogP contribution in [0.3, 0.4) is 0 Å². The molecule has 0 atom stereocenters. The highest BCUT2D eigenvalue weighted by Crippen LogP contribution is 2.17. The number of rotatable bonds is 9. The fraction of sp³-hybridized carbons (Fsp3) is 0.643. The second-order valence-corrected chi connectivity index (χ2v) is 4.42. The van der Waals surface area contributed by atoms with Crippen molar-refractivity contribution in [3.63, 3.8) is 0 Å². The lowest BCUT2D eigenvalue weighted by molar-refractivity contribution is 0.205. The first-order chi connectivity index (χ1) is 9.74. The van der Waals surface area contributed by atoms with E-state index in [-0.39, 0.29) is 0 Å². The first kappa shape index (κ1) is 16.2. The molecule has 1 aromatic rings. The summed E-state index contributed by atoms with van der Waals surface area (Å²) in [4.78, 5) is 11.1. The standard InChI is InChI=1S/C14H23N5O/c1-4-6-12-17-13(16-2)11-14(18-12)19(8-5-7-15)9-10-20-3/h11H,4-6,8-10H2,1-3H3,(H,16,17,18). The van der Waals surface area contributed by atoms with Crippen LogP contribution in [0.4, 0.5) is 11.6 Å². The van der Waals surface area contributed by atoms with E-state index in [4.69, 9.17) is 10.00 Å². The largest absolute Gasteiger partial charge is 0.383 e. The molecule has 0 fully saturated rings. The summed E-state index contributed by atoms with van der Waals surface area (Å²) in [5.74, 6) is 2.48. The fourth-order valence-corrected chi connectivity index (χ4v) is 1.84. The zero-order chi connectivity index (χ0) is 14.8. The molecular formula is C14H23N5O. The molecule has 0 aromatic carbocycles. The lowest BCUT2D eigenvalue weighted by Gasteiger charge is -2.23. The van der Waals surface area contributed by atoms with Gasteiger partial charge in [0.2, 0.25) is 0 Å². The zero-order valence-electron chi connectivity index (χ0n) is 12.5. The Morgan fingerprint density at radius 3 is 2.80 bits per heavy atom. The number of nitriles is 1. The van der Waals surface area contributed by atoms with Crippen molar-refractivity contribution in [3.8, 4) is 6.07 Å². The Labute approximate surface area is 120 Å². The van der Waals surface area contributed by atoms with Gasteiger partial charge in [-0.1, -0.05) is 6.92 Å². The number of hydrogen-bond donors (Lipinski definition) is 1. The highest BCUT2D eigenvalue weighted by atomic mass is 16.5. The van der Waals surface area contributed by atoms with Crippen LogP contribution in [0.25, 0.3) is 0 Å². The van der Waals surface area contributed by atoms with Crippen molar-refractivity contribution in [3.05, 3.63) is 11.9 Å². The van der Waals surface area contributed by atoms with E-state index in [1.54, 1.807) is 7.11 Å². The van der Waals surface area contributed by atoms with Crippen LogP contribution in [0, 0.1) is 11.3 Å². The first-order valence-corrected chi connectivity index (χ1v) is 6.91. The molecule has 0 aliphatic heterocycles. The summed E-state index contributed by atoms with van der Waals surface area (Å²) in [6.07, 6.45) is 2.31. The van der Waals surface area contributed by atoms with Gasteiger partial charge in [-0.3, -0.25) is 0 Å². The van der Waals surface area contributed by atoms with E-state index in [2.05, 4.69) is 33.2 Å². The number of nitrogens with one attached hydrogen (secondary N) is 1. The van der Waals surface area contributed by atoms with Gasteiger partial charge in [0.25, 0.3) is 0 Å². The quantitative estimate of drug-likeness (QED) is 0.742. The summed E-state index contributed by atoms with van der Waals surface area (Å²) in [6, 6.07) is 4.08. The predicted molar refractivity (Wildman–Crippen MR) is 79.9 cm³/mol. The molecule has 6 nitrogen and oxygen atoms in total. The van der Waals surface area contributed by atoms with Crippen molar-refractivity contribution < 1.29 is 4.74 Å². The van der Waals surface area contributed by atoms with E-state index in [0.29, 0.717) is 26.1 Å². The third-order valence-corrected chi connectivity index (χ3v) is 2.87. The van der Waals surface area contributed by atoms with Gasteiger partial charge in [0.15, 0.2) is 0 Å². The molecule has 0 saturated carbocycles. The molecule has 0 bridgehead atoms. The zero-order valence-corrected chi connectivity index (χ0v) is 12.5. The van der Waals surface area contributed by atoms with Crippen molar-refractivity contribution in [2.75, 3.05) is 44.1 Å². The molecule has 6 heteroatoms. The second-order valence-electron chi connectivity index (χ2n) is 4.42. The van der Waals surface area contributed by atoms with Crippen LogP contribution < -0.4 is 10.2 Å². The lowest BCUT2D eigenvalue weighted by atomic mass is 10.3. The number of aromatic nitrogens is 2. The topological polar surface area (TPSA) is 74.1 Å². The Balaban J connectivity index is 2.96. The van der Waals surface area contributed by atoms with Crippen LogP contribution in [0.2, 0.25) is 0 Å². The average molecular weight is 277 g/mol. The minimum absolute atomic E-state index is 0.464. The molecule has 0 radical (unpaired) electrons. The summed E-state index contributed by atoms with van der Waals surface area (Å²) in [5, 5.41) is 11.8. The molecule has 110 valence electrons. The van der Waals surface area contributed by atoms with E-state index >= 15 is 0 Å². The van der Waals surface area contributed by atoms with Gasteiger partial charge >= 0.3 is 0 Å². The lowest BCUT2D eigenvalue weighted by Crippen LogP contribution is -2.29. The molecule has 0 spiro atoms. The van der Waals surface area contributed by atoms with E-state index in [1.165, 1.54) is 0 Å². The van der Waals surface area contributed by atoms with Gasteiger partial charge in [0.05, 0.1) is 19.1 Å². The average Bonchev–Trinajstić information content (AvgIpc) is 2.47.